The fraction of sp³-hybridized carbons (Fsp3) is 0.462. The van der Waals surface area contributed by atoms with Crippen LogP contribution < -0.4 is 0 Å². The van der Waals surface area contributed by atoms with Gasteiger partial charge >= 0.3 is 5.97 Å². The molecule has 4 nitrogen and oxygen atoms in total. The molecule has 0 bridgehead atoms. The predicted molar refractivity (Wildman–Crippen MR) is 63.8 cm³/mol. The average Bonchev–Trinajstić information content (AvgIpc) is 2.35. The van der Waals surface area contributed by atoms with Crippen LogP contribution in [0.15, 0.2) is 12.1 Å². The van der Waals surface area contributed by atoms with Crippen molar-refractivity contribution >= 4 is 5.97 Å². The zero-order valence-electron chi connectivity index (χ0n) is 10.8. The average molecular weight is 274 g/mol. The summed E-state index contributed by atoms with van der Waals surface area (Å²) in [6.07, 6.45) is -0.950. The van der Waals surface area contributed by atoms with E-state index in [1.807, 2.05) is 0 Å². The van der Waals surface area contributed by atoms with E-state index in [0.29, 0.717) is 0 Å². The van der Waals surface area contributed by atoms with E-state index in [2.05, 4.69) is 0 Å². The Balaban J connectivity index is 2.87. The second kappa shape index (κ2) is 7.04. The van der Waals surface area contributed by atoms with Gasteiger partial charge in [0.1, 0.15) is 0 Å². The van der Waals surface area contributed by atoms with Crippen LogP contribution in [0.5, 0.6) is 5.75 Å². The van der Waals surface area contributed by atoms with Crippen molar-refractivity contribution in [1.82, 2.24) is 0 Å². The van der Waals surface area contributed by atoms with Crippen molar-refractivity contribution in [2.45, 2.75) is 26.4 Å². The zero-order chi connectivity index (χ0) is 14.4. The molecule has 0 saturated heterocycles. The number of halogens is 2. The Labute approximate surface area is 109 Å². The van der Waals surface area contributed by atoms with E-state index < -0.39 is 29.5 Å². The molecule has 1 atom stereocenters. The molecule has 0 aliphatic rings. The van der Waals surface area contributed by atoms with Crippen LogP contribution in [0, 0.1) is 11.6 Å². The maximum absolute atomic E-state index is 13.2. The number of esters is 1. The van der Waals surface area contributed by atoms with Crippen molar-refractivity contribution in [2.75, 3.05) is 13.2 Å². The van der Waals surface area contributed by atoms with Crippen LogP contribution in [-0.4, -0.2) is 30.4 Å². The van der Waals surface area contributed by atoms with Gasteiger partial charge in [0.05, 0.1) is 6.61 Å². The van der Waals surface area contributed by atoms with Gasteiger partial charge in [0.25, 0.3) is 0 Å². The zero-order valence-corrected chi connectivity index (χ0v) is 10.8. The molecular formula is C13H16F2O4. The molecule has 0 aromatic heterocycles. The van der Waals surface area contributed by atoms with E-state index in [-0.39, 0.29) is 25.2 Å². The molecule has 0 heterocycles. The van der Waals surface area contributed by atoms with Gasteiger partial charge < -0.3 is 14.6 Å². The molecule has 1 N–H and O–H groups in total. The minimum Gasteiger partial charge on any atom is -0.503 e. The summed E-state index contributed by atoms with van der Waals surface area (Å²) in [4.78, 5) is 11.6. The second-order valence-electron chi connectivity index (χ2n) is 3.81. The maximum atomic E-state index is 13.2. The molecule has 0 amide bonds. The largest absolute Gasteiger partial charge is 0.503 e. The highest BCUT2D eigenvalue weighted by molar-refractivity contribution is 5.75. The Morgan fingerprint density at radius 1 is 1.26 bits per heavy atom. The topological polar surface area (TPSA) is 55.8 Å². The monoisotopic (exact) mass is 274 g/mol. The fourth-order valence-corrected chi connectivity index (χ4v) is 1.60. The van der Waals surface area contributed by atoms with E-state index in [4.69, 9.17) is 14.6 Å². The first kappa shape index (κ1) is 15.4. The van der Waals surface area contributed by atoms with Crippen LogP contribution in [0.3, 0.4) is 0 Å². The summed E-state index contributed by atoms with van der Waals surface area (Å²) in [6, 6.07) is 1.92. The van der Waals surface area contributed by atoms with Gasteiger partial charge in [-0.3, -0.25) is 0 Å². The van der Waals surface area contributed by atoms with E-state index >= 15 is 0 Å². The van der Waals surface area contributed by atoms with Gasteiger partial charge in [-0.1, -0.05) is 0 Å². The van der Waals surface area contributed by atoms with E-state index in [1.54, 1.807) is 13.8 Å². The number of hydrogen-bond acceptors (Lipinski definition) is 4. The molecule has 0 aliphatic carbocycles. The first-order valence-corrected chi connectivity index (χ1v) is 5.94. The van der Waals surface area contributed by atoms with Crippen molar-refractivity contribution in [3.8, 4) is 5.75 Å². The SMILES string of the molecule is CCOC(=O)[C@H](Cc1cc(F)c(O)c(F)c1)OCC. The van der Waals surface area contributed by atoms with Gasteiger partial charge in [0, 0.05) is 13.0 Å². The molecule has 0 unspecified atom stereocenters. The van der Waals surface area contributed by atoms with E-state index in [0.717, 1.165) is 12.1 Å². The van der Waals surface area contributed by atoms with Crippen molar-refractivity contribution in [1.29, 1.82) is 0 Å². The Kier molecular flexibility index (Phi) is 5.69. The highest BCUT2D eigenvalue weighted by Crippen LogP contribution is 2.22. The maximum Gasteiger partial charge on any atom is 0.335 e. The smallest absolute Gasteiger partial charge is 0.335 e. The van der Waals surface area contributed by atoms with Crippen molar-refractivity contribution < 1.29 is 28.2 Å². The highest BCUT2D eigenvalue weighted by atomic mass is 19.1. The van der Waals surface area contributed by atoms with Crippen LogP contribution >= 0.6 is 0 Å². The molecule has 106 valence electrons. The third-order valence-electron chi connectivity index (χ3n) is 2.42. The van der Waals surface area contributed by atoms with Gasteiger partial charge in [0.15, 0.2) is 23.5 Å². The number of ether oxygens (including phenoxy) is 2. The Bertz CT molecular complexity index is 425. The molecule has 19 heavy (non-hydrogen) atoms. The third kappa shape index (κ3) is 4.17. The molecule has 0 fully saturated rings. The normalized spacial score (nSPS) is 12.2. The van der Waals surface area contributed by atoms with Gasteiger partial charge in [-0.05, 0) is 31.5 Å². The second-order valence-corrected chi connectivity index (χ2v) is 3.81. The van der Waals surface area contributed by atoms with Crippen molar-refractivity contribution in [3.05, 3.63) is 29.3 Å². The fourth-order valence-electron chi connectivity index (χ4n) is 1.60. The van der Waals surface area contributed by atoms with Crippen LogP contribution in [-0.2, 0) is 20.7 Å². The van der Waals surface area contributed by atoms with Gasteiger partial charge in [-0.15, -0.1) is 0 Å². The molecule has 0 aliphatic heterocycles. The first-order chi connectivity index (χ1) is 8.99. The summed E-state index contributed by atoms with van der Waals surface area (Å²) >= 11 is 0. The summed E-state index contributed by atoms with van der Waals surface area (Å²) in [5.41, 5.74) is 0.208. The summed E-state index contributed by atoms with van der Waals surface area (Å²) in [5, 5.41) is 8.99. The highest BCUT2D eigenvalue weighted by Gasteiger charge is 2.22. The number of carbonyl (C=O) groups is 1. The number of phenols is 1. The van der Waals surface area contributed by atoms with Crippen LogP contribution in [0.25, 0.3) is 0 Å². The van der Waals surface area contributed by atoms with Gasteiger partial charge in [-0.2, -0.15) is 0 Å². The molecule has 0 radical (unpaired) electrons. The molecule has 0 saturated carbocycles. The summed E-state index contributed by atoms with van der Waals surface area (Å²) in [6.45, 7) is 3.82. The lowest BCUT2D eigenvalue weighted by molar-refractivity contribution is -0.156. The number of carbonyl (C=O) groups excluding carboxylic acids is 1. The van der Waals surface area contributed by atoms with E-state index in [1.165, 1.54) is 0 Å². The minimum atomic E-state index is -1.07. The van der Waals surface area contributed by atoms with E-state index in [9.17, 15) is 13.6 Å². The lowest BCUT2D eigenvalue weighted by Crippen LogP contribution is -2.29. The van der Waals surface area contributed by atoms with Gasteiger partial charge in [-0.25, -0.2) is 13.6 Å². The molecule has 0 spiro atoms. The van der Waals surface area contributed by atoms with Crippen LogP contribution in [0.2, 0.25) is 0 Å². The number of rotatable bonds is 6. The Morgan fingerprint density at radius 2 is 1.84 bits per heavy atom. The molecule has 1 rings (SSSR count). The lowest BCUT2D eigenvalue weighted by Gasteiger charge is -2.15. The number of hydrogen-bond donors (Lipinski definition) is 1. The van der Waals surface area contributed by atoms with Crippen LogP contribution in [0.1, 0.15) is 19.4 Å². The lowest BCUT2D eigenvalue weighted by atomic mass is 10.1. The van der Waals surface area contributed by atoms with Crippen molar-refractivity contribution in [3.63, 3.8) is 0 Å². The van der Waals surface area contributed by atoms with Crippen molar-refractivity contribution in [2.24, 2.45) is 0 Å². The minimum absolute atomic E-state index is 0.0270. The summed E-state index contributed by atoms with van der Waals surface area (Å²) in [7, 11) is 0. The molecular weight excluding hydrogens is 258 g/mol. The number of benzene rings is 1. The molecule has 6 heteroatoms. The standard InChI is InChI=1S/C13H16F2O4/c1-3-18-11(13(17)19-4-2)7-8-5-9(14)12(16)10(15)6-8/h5-6,11,16H,3-4,7H2,1-2H3/t11-/m0/s1. The number of aromatic hydroxyl groups is 1. The van der Waals surface area contributed by atoms with Crippen LogP contribution in [0.4, 0.5) is 8.78 Å². The quantitative estimate of drug-likeness (QED) is 0.808. The van der Waals surface area contributed by atoms with Gasteiger partial charge in [0.2, 0.25) is 0 Å². The predicted octanol–water partition coefficient (Wildman–Crippen LogP) is 2.18. The molecule has 1 aromatic rings. The summed E-state index contributed by atoms with van der Waals surface area (Å²) < 4.78 is 36.4. The number of phenolic OH excluding ortho intramolecular Hbond substituents is 1. The Morgan fingerprint density at radius 3 is 2.32 bits per heavy atom. The molecule has 1 aromatic carbocycles. The summed E-state index contributed by atoms with van der Waals surface area (Å²) in [5.74, 6) is -3.77. The Hall–Kier alpha value is -1.69. The first-order valence-electron chi connectivity index (χ1n) is 5.94. The third-order valence-corrected chi connectivity index (χ3v) is 2.42.